The number of nitrogens with zero attached hydrogens (tertiary/aromatic N) is 6. The van der Waals surface area contributed by atoms with Gasteiger partial charge in [-0.15, -0.1) is 0 Å². The second-order valence-corrected chi connectivity index (χ2v) is 30.6. The molecule has 0 bridgehead atoms. The smallest absolute Gasteiger partial charge is 0.0630 e. The lowest BCUT2D eigenvalue weighted by Crippen LogP contribution is -2.28. The van der Waals surface area contributed by atoms with Gasteiger partial charge in [0.1, 0.15) is 0 Å². The zero-order valence-electron chi connectivity index (χ0n) is 62.8. The highest BCUT2D eigenvalue weighted by atomic mass is 15.2. The predicted octanol–water partition coefficient (Wildman–Crippen LogP) is 28.5. The molecule has 1 aliphatic heterocycles. The maximum Gasteiger partial charge on any atom is 0.0630 e. The molecule has 540 valence electrons. The lowest BCUT2D eigenvalue weighted by molar-refractivity contribution is 0.671. The average Bonchev–Trinajstić information content (AvgIpc) is 1.47. The molecular weight excluding hydrogens is 1380 g/mol. The van der Waals surface area contributed by atoms with E-state index in [1.807, 2.05) is 0 Å². The van der Waals surface area contributed by atoms with Crippen molar-refractivity contribution in [2.24, 2.45) is 5.92 Å². The first-order valence-electron chi connectivity index (χ1n) is 39.9. The minimum Gasteiger partial charge on any atom is -0.333 e. The molecule has 0 N–H and O–H groups in total. The van der Waals surface area contributed by atoms with E-state index in [-0.39, 0.29) is 23.8 Å². The quantitative estimate of drug-likeness (QED) is 0.102. The summed E-state index contributed by atoms with van der Waals surface area (Å²) in [6.07, 6.45) is 27.6. The molecule has 0 radical (unpaired) electrons. The molecule has 5 aliphatic rings. The van der Waals surface area contributed by atoms with Crippen LogP contribution in [-0.4, -0.2) is 15.2 Å². The summed E-state index contributed by atoms with van der Waals surface area (Å²) in [5, 5.41) is 8.59. The number of anilines is 11. The highest BCUT2D eigenvalue weighted by molar-refractivity contribution is 6.12. The largest absolute Gasteiger partial charge is 0.333 e. The summed E-state index contributed by atoms with van der Waals surface area (Å²) in [5.74, 6) is 0.440. The Kier molecular flexibility index (Phi) is 16.2. The number of aromatic nitrogens is 2. The number of hydrogen-bond donors (Lipinski definition) is 0. The molecule has 15 aromatic carbocycles. The molecule has 0 saturated carbocycles. The summed E-state index contributed by atoms with van der Waals surface area (Å²) in [6, 6.07) is 133. The summed E-state index contributed by atoms with van der Waals surface area (Å²) >= 11 is 0. The lowest BCUT2D eigenvalue weighted by Gasteiger charge is -2.33. The molecule has 114 heavy (non-hydrogen) atoms. The summed E-state index contributed by atoms with van der Waals surface area (Å²) in [4.78, 5) is 10.0. The van der Waals surface area contributed by atoms with Crippen molar-refractivity contribution in [2.75, 3.05) is 19.6 Å². The molecular formula is C108H78N6. The van der Waals surface area contributed by atoms with Gasteiger partial charge in [0.25, 0.3) is 0 Å². The SMILES string of the molecule is C1=CC2=CC=CC(c3ccc4c(c3)c3cc(N(c5ccccc5)c5cc(N(c6ccccc6)c6ccc7c(c6)C6C=C(c8cccc9ccccc89)C=CC6N7c6ccccc6)cc(N(c6ccccc6)c6ccc7c(c6)c6c(n7-c7ccccc7)CCC(c7cccc8ccccc78)=C6)c5)ccc3n4-c3ccccc3)C2C=C1. The Morgan fingerprint density at radius 1 is 0.307 bits per heavy atom. The zero-order valence-corrected chi connectivity index (χ0v) is 62.8. The molecule has 4 unspecified atom stereocenters. The lowest BCUT2D eigenvalue weighted by atomic mass is 9.76. The van der Waals surface area contributed by atoms with Gasteiger partial charge in [-0.2, -0.15) is 0 Å². The van der Waals surface area contributed by atoms with Crippen LogP contribution in [0.4, 0.5) is 62.6 Å². The van der Waals surface area contributed by atoms with Crippen molar-refractivity contribution in [2.45, 2.75) is 30.7 Å². The second-order valence-electron chi connectivity index (χ2n) is 30.6. The molecule has 17 aromatic rings. The number of fused-ring (bicyclic) bond motifs is 12. The normalized spacial score (nSPS) is 16.5. The molecule has 0 fully saturated rings. The zero-order chi connectivity index (χ0) is 75.2. The second kappa shape index (κ2) is 27.8. The third-order valence-corrected chi connectivity index (χ3v) is 24.2. The van der Waals surface area contributed by atoms with Crippen LogP contribution in [0.25, 0.3) is 82.9 Å². The van der Waals surface area contributed by atoms with Gasteiger partial charge < -0.3 is 28.7 Å². The average molecular weight is 1460 g/mol. The number of para-hydroxylation sites is 6. The topological polar surface area (TPSA) is 22.8 Å². The first-order chi connectivity index (χ1) is 56.5. The van der Waals surface area contributed by atoms with Crippen LogP contribution >= 0.6 is 0 Å². The fraction of sp³-hybridized carbons (Fsp3) is 0.0556. The van der Waals surface area contributed by atoms with Gasteiger partial charge in [-0.3, -0.25) is 0 Å². The van der Waals surface area contributed by atoms with E-state index in [0.29, 0.717) is 0 Å². The van der Waals surface area contributed by atoms with Gasteiger partial charge in [0.05, 0.1) is 39.7 Å². The molecule has 4 aliphatic carbocycles. The highest BCUT2D eigenvalue weighted by Crippen LogP contribution is 2.55. The first-order valence-corrected chi connectivity index (χ1v) is 39.9. The van der Waals surface area contributed by atoms with Crippen LogP contribution in [0.3, 0.4) is 0 Å². The van der Waals surface area contributed by atoms with Gasteiger partial charge in [0.15, 0.2) is 0 Å². The third kappa shape index (κ3) is 11.4. The van der Waals surface area contributed by atoms with E-state index in [0.717, 1.165) is 92.1 Å². The summed E-state index contributed by atoms with van der Waals surface area (Å²) < 4.78 is 4.98. The summed E-state index contributed by atoms with van der Waals surface area (Å²) in [7, 11) is 0. The van der Waals surface area contributed by atoms with Gasteiger partial charge in [0, 0.05) is 102 Å². The Balaban J connectivity index is 0.785. The third-order valence-electron chi connectivity index (χ3n) is 24.2. The number of rotatable bonds is 15. The van der Waals surface area contributed by atoms with Gasteiger partial charge >= 0.3 is 0 Å². The van der Waals surface area contributed by atoms with Crippen LogP contribution in [0.1, 0.15) is 51.8 Å². The molecule has 2 aromatic heterocycles. The van der Waals surface area contributed by atoms with Crippen LogP contribution < -0.4 is 19.6 Å². The van der Waals surface area contributed by atoms with Crippen molar-refractivity contribution >= 4 is 134 Å². The fourth-order valence-electron chi connectivity index (χ4n) is 19.1. The molecule has 0 saturated heterocycles. The molecule has 3 heterocycles. The van der Waals surface area contributed by atoms with E-state index < -0.39 is 0 Å². The van der Waals surface area contributed by atoms with Crippen molar-refractivity contribution in [3.63, 3.8) is 0 Å². The Morgan fingerprint density at radius 3 is 1.42 bits per heavy atom. The first kappa shape index (κ1) is 66.5. The number of hydrogen-bond acceptors (Lipinski definition) is 4. The Labute approximate surface area is 664 Å². The van der Waals surface area contributed by atoms with E-state index in [9.17, 15) is 0 Å². The molecule has 0 spiro atoms. The van der Waals surface area contributed by atoms with E-state index in [1.165, 1.54) is 99.1 Å². The van der Waals surface area contributed by atoms with Crippen LogP contribution in [0.2, 0.25) is 0 Å². The monoisotopic (exact) mass is 1460 g/mol. The van der Waals surface area contributed by atoms with Gasteiger partial charge in [-0.05, 0) is 237 Å². The minimum atomic E-state index is 0.0182. The fourth-order valence-corrected chi connectivity index (χ4v) is 19.1. The van der Waals surface area contributed by atoms with E-state index in [4.69, 9.17) is 0 Å². The number of allylic oxidation sites excluding steroid dienone is 11. The van der Waals surface area contributed by atoms with Gasteiger partial charge in [0.2, 0.25) is 0 Å². The summed E-state index contributed by atoms with van der Waals surface area (Å²) in [5.41, 5.74) is 28.9. The molecule has 6 heteroatoms. The van der Waals surface area contributed by atoms with E-state index >= 15 is 0 Å². The van der Waals surface area contributed by atoms with Crippen molar-refractivity contribution < 1.29 is 0 Å². The molecule has 22 rings (SSSR count). The standard InChI is InChI=1S/C108H78N6/c1-7-34-79(35-8-1)109(85-55-61-106-100(70-85)97-64-76(94-49-25-31-73-28-19-22-46-91(73)94)52-58-103(97)112(106)82-40-13-4-14-41-82)88-67-89(110(80-36-9-2-10-37-80)86-56-62-107-101(71-86)98-65-77(95-50-26-32-74-29-20-23-47-92(74)95)53-59-104(98)113(107)83-42-15-5-16-43-83)69-90(68-88)111(81-38-11-3-12-39-81)87-57-63-108-102(72-87)99-66-78(96-51-27-33-75-30-21-24-48-93(75)96)54-60-105(99)114(108)84-44-17-6-18-45-84/h1-53,55-59,61-72,91,94,98,104H,54,60H2. The van der Waals surface area contributed by atoms with Crippen LogP contribution in [0.15, 0.2) is 424 Å². The van der Waals surface area contributed by atoms with Gasteiger partial charge in [-0.25, -0.2) is 0 Å². The summed E-state index contributed by atoms with van der Waals surface area (Å²) in [6.45, 7) is 0. The Hall–Kier alpha value is -14.5. The molecule has 4 atom stereocenters. The van der Waals surface area contributed by atoms with Crippen molar-refractivity contribution in [1.82, 2.24) is 9.13 Å². The maximum atomic E-state index is 2.56. The number of benzene rings is 15. The Morgan fingerprint density at radius 2 is 0.798 bits per heavy atom. The van der Waals surface area contributed by atoms with E-state index in [2.05, 4.69) is 453 Å². The predicted molar refractivity (Wildman–Crippen MR) is 480 cm³/mol. The van der Waals surface area contributed by atoms with E-state index in [1.54, 1.807) is 0 Å². The maximum absolute atomic E-state index is 2.56. The van der Waals surface area contributed by atoms with Crippen molar-refractivity contribution in [3.05, 3.63) is 458 Å². The highest BCUT2D eigenvalue weighted by Gasteiger charge is 2.40. The Bertz CT molecular complexity index is 6870. The van der Waals surface area contributed by atoms with Crippen LogP contribution in [0.5, 0.6) is 0 Å². The van der Waals surface area contributed by atoms with Crippen molar-refractivity contribution in [3.8, 4) is 11.4 Å². The minimum absolute atomic E-state index is 0.0182. The van der Waals surface area contributed by atoms with Crippen LogP contribution in [0, 0.1) is 5.92 Å². The van der Waals surface area contributed by atoms with Gasteiger partial charge in [-0.1, -0.05) is 261 Å². The van der Waals surface area contributed by atoms with Crippen molar-refractivity contribution in [1.29, 1.82) is 0 Å². The molecule has 0 amide bonds. The molecule has 6 nitrogen and oxygen atoms in total. The van der Waals surface area contributed by atoms with Crippen LogP contribution in [-0.2, 0) is 6.42 Å².